The van der Waals surface area contributed by atoms with Crippen molar-refractivity contribution in [3.05, 3.63) is 0 Å². The minimum absolute atomic E-state index is 0.172. The smallest absolute Gasteiger partial charge is 0.229 e. The minimum atomic E-state index is -0.953. The molecule has 116 valence electrons. The Morgan fingerprint density at radius 1 is 1.45 bits per heavy atom. The first-order valence-corrected chi connectivity index (χ1v) is 8.07. The number of amides is 1. The van der Waals surface area contributed by atoms with Gasteiger partial charge < -0.3 is 15.3 Å². The fourth-order valence-corrected chi connectivity index (χ4v) is 3.37. The SMILES string of the molecule is CC1CCN(CC(O)CNC(=O)C2(C)CC2(Cl)Cl)CC1. The van der Waals surface area contributed by atoms with E-state index in [-0.39, 0.29) is 12.5 Å². The second kappa shape index (κ2) is 5.99. The van der Waals surface area contributed by atoms with Gasteiger partial charge in [-0.1, -0.05) is 6.92 Å². The normalized spacial score (nSPS) is 31.9. The Labute approximate surface area is 130 Å². The maximum absolute atomic E-state index is 12.0. The zero-order valence-electron chi connectivity index (χ0n) is 12.2. The monoisotopic (exact) mass is 322 g/mol. The van der Waals surface area contributed by atoms with E-state index >= 15 is 0 Å². The number of rotatable bonds is 5. The van der Waals surface area contributed by atoms with E-state index in [1.807, 2.05) is 0 Å². The predicted molar refractivity (Wildman–Crippen MR) is 81.0 cm³/mol. The van der Waals surface area contributed by atoms with Gasteiger partial charge in [-0.3, -0.25) is 4.79 Å². The molecule has 4 nitrogen and oxygen atoms in total. The van der Waals surface area contributed by atoms with Crippen molar-refractivity contribution in [3.8, 4) is 0 Å². The van der Waals surface area contributed by atoms with E-state index < -0.39 is 15.9 Å². The molecule has 6 heteroatoms. The Bertz CT molecular complexity index is 370. The van der Waals surface area contributed by atoms with Crippen LogP contribution in [0, 0.1) is 11.3 Å². The number of β-amino-alcohol motifs (C(OH)–C–C–N with tert-alkyl or cyclic N) is 1. The van der Waals surface area contributed by atoms with Crippen LogP contribution in [0.1, 0.15) is 33.1 Å². The third-order valence-electron chi connectivity index (χ3n) is 4.60. The quantitative estimate of drug-likeness (QED) is 0.759. The topological polar surface area (TPSA) is 52.6 Å². The Hall–Kier alpha value is -0.0300. The van der Waals surface area contributed by atoms with Gasteiger partial charge in [0.2, 0.25) is 5.91 Å². The highest BCUT2D eigenvalue weighted by atomic mass is 35.5. The van der Waals surface area contributed by atoms with Gasteiger partial charge in [-0.25, -0.2) is 0 Å². The average Bonchev–Trinajstić information content (AvgIpc) is 2.90. The molecule has 0 radical (unpaired) electrons. The molecule has 0 aromatic heterocycles. The zero-order valence-corrected chi connectivity index (χ0v) is 13.7. The highest BCUT2D eigenvalue weighted by Crippen LogP contribution is 2.63. The molecule has 2 rings (SSSR count). The van der Waals surface area contributed by atoms with Gasteiger partial charge in [0.05, 0.1) is 11.5 Å². The summed E-state index contributed by atoms with van der Waals surface area (Å²) in [6.45, 7) is 6.92. The molecule has 2 atom stereocenters. The maximum atomic E-state index is 12.0. The molecule has 0 spiro atoms. The number of alkyl halides is 2. The lowest BCUT2D eigenvalue weighted by Crippen LogP contribution is -2.44. The summed E-state index contributed by atoms with van der Waals surface area (Å²) in [5.74, 6) is 0.604. The predicted octanol–water partition coefficient (Wildman–Crippen LogP) is 1.78. The second-order valence-corrected chi connectivity index (χ2v) is 8.04. The number of halogens is 2. The number of carbonyl (C=O) groups is 1. The Balaban J connectivity index is 1.68. The van der Waals surface area contributed by atoms with Crippen LogP contribution in [-0.2, 0) is 4.79 Å². The van der Waals surface area contributed by atoms with E-state index in [1.54, 1.807) is 6.92 Å². The molecule has 20 heavy (non-hydrogen) atoms. The molecule has 1 saturated carbocycles. The molecule has 0 aromatic rings. The number of aliphatic hydroxyl groups excluding tert-OH is 1. The van der Waals surface area contributed by atoms with Crippen LogP contribution < -0.4 is 5.32 Å². The van der Waals surface area contributed by atoms with Crippen LogP contribution in [0.3, 0.4) is 0 Å². The molecule has 0 bridgehead atoms. The number of nitrogens with zero attached hydrogens (tertiary/aromatic N) is 1. The van der Waals surface area contributed by atoms with Crippen molar-refractivity contribution in [1.29, 1.82) is 0 Å². The summed E-state index contributed by atoms with van der Waals surface area (Å²) < 4.78 is -0.953. The van der Waals surface area contributed by atoms with E-state index in [2.05, 4.69) is 17.1 Å². The number of piperidine rings is 1. The molecular formula is C14H24Cl2N2O2. The Kier molecular flexibility index (Phi) is 4.90. The first-order valence-electron chi connectivity index (χ1n) is 7.31. The summed E-state index contributed by atoms with van der Waals surface area (Å²) in [6.07, 6.45) is 2.28. The van der Waals surface area contributed by atoms with Crippen LogP contribution in [0.4, 0.5) is 0 Å². The van der Waals surface area contributed by atoms with Gasteiger partial charge >= 0.3 is 0 Å². The van der Waals surface area contributed by atoms with E-state index in [1.165, 1.54) is 12.8 Å². The third kappa shape index (κ3) is 3.59. The Morgan fingerprint density at radius 2 is 2.00 bits per heavy atom. The van der Waals surface area contributed by atoms with Gasteiger partial charge in [0.25, 0.3) is 0 Å². The van der Waals surface area contributed by atoms with Crippen molar-refractivity contribution >= 4 is 29.1 Å². The summed E-state index contributed by atoms with van der Waals surface area (Å²) in [7, 11) is 0. The van der Waals surface area contributed by atoms with Crippen molar-refractivity contribution < 1.29 is 9.90 Å². The molecule has 1 saturated heterocycles. The summed E-state index contributed by atoms with van der Waals surface area (Å²) in [6, 6.07) is 0. The zero-order chi connectivity index (χ0) is 15.0. The standard InChI is InChI=1S/C14H24Cl2N2O2/c1-10-3-5-18(6-4-10)8-11(19)7-17-12(20)13(2)9-14(13,15)16/h10-11,19H,3-9H2,1-2H3,(H,17,20). The lowest BCUT2D eigenvalue weighted by molar-refractivity contribution is -0.126. The Morgan fingerprint density at radius 3 is 2.50 bits per heavy atom. The highest BCUT2D eigenvalue weighted by Gasteiger charge is 2.67. The van der Waals surface area contributed by atoms with Crippen molar-refractivity contribution in [1.82, 2.24) is 10.2 Å². The van der Waals surface area contributed by atoms with Gasteiger partial charge in [-0.15, -0.1) is 23.2 Å². The summed E-state index contributed by atoms with van der Waals surface area (Å²) in [4.78, 5) is 14.2. The van der Waals surface area contributed by atoms with Crippen LogP contribution in [0.15, 0.2) is 0 Å². The first-order chi connectivity index (χ1) is 9.24. The number of aliphatic hydroxyl groups is 1. The van der Waals surface area contributed by atoms with E-state index in [0.717, 1.165) is 19.0 Å². The highest BCUT2D eigenvalue weighted by molar-refractivity contribution is 6.53. The van der Waals surface area contributed by atoms with Crippen molar-refractivity contribution in [2.24, 2.45) is 11.3 Å². The number of hydrogen-bond acceptors (Lipinski definition) is 3. The van der Waals surface area contributed by atoms with Crippen LogP contribution in [-0.4, -0.2) is 52.5 Å². The van der Waals surface area contributed by atoms with E-state index in [4.69, 9.17) is 23.2 Å². The number of nitrogens with one attached hydrogen (secondary N) is 1. The van der Waals surface area contributed by atoms with Gasteiger partial charge in [-0.2, -0.15) is 0 Å². The molecule has 1 aliphatic carbocycles. The van der Waals surface area contributed by atoms with Crippen LogP contribution >= 0.6 is 23.2 Å². The van der Waals surface area contributed by atoms with E-state index in [0.29, 0.717) is 13.0 Å². The molecule has 2 aliphatic rings. The van der Waals surface area contributed by atoms with Gasteiger partial charge in [-0.05, 0) is 45.2 Å². The summed E-state index contributed by atoms with van der Waals surface area (Å²) in [5.41, 5.74) is -0.712. The maximum Gasteiger partial charge on any atom is 0.229 e. The summed E-state index contributed by atoms with van der Waals surface area (Å²) >= 11 is 11.9. The van der Waals surface area contributed by atoms with Crippen molar-refractivity contribution in [2.75, 3.05) is 26.2 Å². The molecule has 0 aromatic carbocycles. The molecule has 1 heterocycles. The summed E-state index contributed by atoms with van der Waals surface area (Å²) in [5, 5.41) is 12.8. The average molecular weight is 323 g/mol. The first kappa shape index (κ1) is 16.3. The number of carbonyl (C=O) groups excluding carboxylic acids is 1. The fraction of sp³-hybridized carbons (Fsp3) is 0.929. The fourth-order valence-electron chi connectivity index (χ4n) is 2.66. The lowest BCUT2D eigenvalue weighted by atomic mass is 9.99. The third-order valence-corrected chi connectivity index (χ3v) is 5.70. The van der Waals surface area contributed by atoms with Gasteiger partial charge in [0, 0.05) is 13.1 Å². The molecule has 2 N–H and O–H groups in total. The largest absolute Gasteiger partial charge is 0.390 e. The number of hydrogen-bond donors (Lipinski definition) is 2. The molecule has 2 unspecified atom stereocenters. The minimum Gasteiger partial charge on any atom is -0.390 e. The van der Waals surface area contributed by atoms with Crippen molar-refractivity contribution in [2.45, 2.75) is 43.5 Å². The number of likely N-dealkylation sites (tertiary alicyclic amines) is 1. The van der Waals surface area contributed by atoms with Gasteiger partial charge in [0.15, 0.2) is 0 Å². The molecule has 1 aliphatic heterocycles. The van der Waals surface area contributed by atoms with Crippen LogP contribution in [0.25, 0.3) is 0 Å². The molecule has 2 fully saturated rings. The van der Waals surface area contributed by atoms with E-state index in [9.17, 15) is 9.90 Å². The lowest BCUT2D eigenvalue weighted by Gasteiger charge is -2.31. The van der Waals surface area contributed by atoms with Gasteiger partial charge in [0.1, 0.15) is 4.33 Å². The second-order valence-electron chi connectivity index (χ2n) is 6.56. The van der Waals surface area contributed by atoms with Crippen LogP contribution in [0.2, 0.25) is 0 Å². The molecule has 1 amide bonds. The van der Waals surface area contributed by atoms with Crippen LogP contribution in [0.5, 0.6) is 0 Å². The van der Waals surface area contributed by atoms with Crippen molar-refractivity contribution in [3.63, 3.8) is 0 Å². The molecular weight excluding hydrogens is 299 g/mol.